The monoisotopic (exact) mass is 151 g/mol. The highest BCUT2D eigenvalue weighted by Gasteiger charge is 1.84. The maximum Gasteiger partial charge on any atom is 0.0178 e. The van der Waals surface area contributed by atoms with Gasteiger partial charge in [0, 0.05) is 6.54 Å². The van der Waals surface area contributed by atoms with Crippen molar-refractivity contribution in [2.24, 2.45) is 5.73 Å². The van der Waals surface area contributed by atoms with Crippen LogP contribution in [0.1, 0.15) is 25.0 Å². The van der Waals surface area contributed by atoms with Gasteiger partial charge in [0.15, 0.2) is 0 Å². The van der Waals surface area contributed by atoms with Crippen LogP contribution in [0.5, 0.6) is 0 Å². The molecule has 0 spiro atoms. The molecule has 0 bridgehead atoms. The van der Waals surface area contributed by atoms with Gasteiger partial charge in [-0.1, -0.05) is 43.7 Å². The average molecular weight is 151 g/mol. The number of hydrogen-bond donors (Lipinski definition) is 1. The van der Waals surface area contributed by atoms with Gasteiger partial charge in [0.2, 0.25) is 0 Å². The van der Waals surface area contributed by atoms with Gasteiger partial charge in [0.25, 0.3) is 0 Å². The van der Waals surface area contributed by atoms with Gasteiger partial charge in [-0.15, -0.1) is 0 Å². The van der Waals surface area contributed by atoms with Crippen molar-refractivity contribution in [1.29, 1.82) is 0 Å². The van der Waals surface area contributed by atoms with Crippen LogP contribution in [0.25, 0.3) is 0 Å². The predicted octanol–water partition coefficient (Wildman–Crippen LogP) is 2.48. The Morgan fingerprint density at radius 3 is 1.91 bits per heavy atom. The van der Waals surface area contributed by atoms with Crippen LogP contribution < -0.4 is 5.73 Å². The molecule has 1 aromatic carbocycles. The van der Waals surface area contributed by atoms with Crippen LogP contribution in [0.2, 0.25) is 0 Å². The van der Waals surface area contributed by atoms with E-state index >= 15 is 0 Å². The van der Waals surface area contributed by atoms with Crippen LogP contribution in [0.3, 0.4) is 0 Å². The van der Waals surface area contributed by atoms with Crippen LogP contribution in [-0.2, 0) is 6.54 Å². The first kappa shape index (κ1) is 10.2. The third kappa shape index (κ3) is 3.79. The largest absolute Gasteiger partial charge is 0.326 e. The summed E-state index contributed by atoms with van der Waals surface area (Å²) in [6, 6.07) is 8.25. The van der Waals surface area contributed by atoms with Gasteiger partial charge in [-0.2, -0.15) is 0 Å². The molecular formula is C10H17N. The zero-order valence-electron chi connectivity index (χ0n) is 7.59. The second kappa shape index (κ2) is 5.93. The van der Waals surface area contributed by atoms with E-state index in [0.717, 1.165) is 0 Å². The first-order valence-electron chi connectivity index (χ1n) is 4.08. The van der Waals surface area contributed by atoms with Gasteiger partial charge < -0.3 is 5.73 Å². The van der Waals surface area contributed by atoms with E-state index in [4.69, 9.17) is 5.73 Å². The zero-order valence-corrected chi connectivity index (χ0v) is 7.59. The summed E-state index contributed by atoms with van der Waals surface area (Å²) in [6.07, 6.45) is 0. The molecule has 0 aromatic heterocycles. The lowest BCUT2D eigenvalue weighted by Crippen LogP contribution is -1.94. The zero-order chi connectivity index (χ0) is 8.69. The molecule has 1 aromatic rings. The summed E-state index contributed by atoms with van der Waals surface area (Å²) in [5, 5.41) is 0. The molecule has 0 amide bonds. The number of nitrogens with two attached hydrogens (primary N) is 1. The van der Waals surface area contributed by atoms with Crippen molar-refractivity contribution >= 4 is 0 Å². The summed E-state index contributed by atoms with van der Waals surface area (Å²) in [7, 11) is 0. The Morgan fingerprint density at radius 2 is 1.55 bits per heavy atom. The lowest BCUT2D eigenvalue weighted by Gasteiger charge is -1.94. The number of benzene rings is 1. The molecule has 11 heavy (non-hydrogen) atoms. The minimum atomic E-state index is 0.639. The molecule has 0 fully saturated rings. The minimum Gasteiger partial charge on any atom is -0.326 e. The molecule has 0 unspecified atom stereocenters. The van der Waals surface area contributed by atoms with E-state index in [0.29, 0.717) is 6.54 Å². The van der Waals surface area contributed by atoms with Crippen LogP contribution >= 0.6 is 0 Å². The fourth-order valence-electron chi connectivity index (χ4n) is 0.724. The van der Waals surface area contributed by atoms with Crippen molar-refractivity contribution in [3.8, 4) is 0 Å². The summed E-state index contributed by atoms with van der Waals surface area (Å²) in [5.74, 6) is 0. The quantitative estimate of drug-likeness (QED) is 0.655. The Labute approximate surface area is 69.2 Å². The van der Waals surface area contributed by atoms with E-state index in [1.807, 2.05) is 13.8 Å². The fraction of sp³-hybridized carbons (Fsp3) is 0.400. The number of rotatable bonds is 1. The summed E-state index contributed by atoms with van der Waals surface area (Å²) in [4.78, 5) is 0. The lowest BCUT2D eigenvalue weighted by atomic mass is 10.2. The van der Waals surface area contributed by atoms with E-state index in [2.05, 4.69) is 31.2 Å². The van der Waals surface area contributed by atoms with Crippen LogP contribution in [-0.4, -0.2) is 0 Å². The smallest absolute Gasteiger partial charge is 0.0178 e. The van der Waals surface area contributed by atoms with Gasteiger partial charge in [0.05, 0.1) is 0 Å². The van der Waals surface area contributed by atoms with Crippen molar-refractivity contribution in [2.45, 2.75) is 27.3 Å². The highest BCUT2D eigenvalue weighted by molar-refractivity contribution is 5.20. The summed E-state index contributed by atoms with van der Waals surface area (Å²) < 4.78 is 0. The highest BCUT2D eigenvalue weighted by Crippen LogP contribution is 2.00. The molecule has 1 rings (SSSR count). The standard InChI is InChI=1S/C8H11N.C2H6/c1-7-2-4-8(6-9)5-3-7;1-2/h2-5H,6,9H2,1H3;1-2H3. The molecule has 62 valence electrons. The Morgan fingerprint density at radius 1 is 1.09 bits per heavy atom. The second-order valence-electron chi connectivity index (χ2n) is 2.19. The fourth-order valence-corrected chi connectivity index (χ4v) is 0.724. The van der Waals surface area contributed by atoms with Gasteiger partial charge in [-0.3, -0.25) is 0 Å². The SMILES string of the molecule is CC.Cc1ccc(CN)cc1. The first-order chi connectivity index (χ1) is 5.33. The Balaban J connectivity index is 0.000000461. The molecule has 0 heterocycles. The lowest BCUT2D eigenvalue weighted by molar-refractivity contribution is 1.07. The highest BCUT2D eigenvalue weighted by atomic mass is 14.5. The summed E-state index contributed by atoms with van der Waals surface area (Å²) in [6.45, 7) is 6.71. The molecule has 1 nitrogen and oxygen atoms in total. The third-order valence-corrected chi connectivity index (χ3v) is 1.36. The molecule has 0 atom stereocenters. The Hall–Kier alpha value is -0.820. The number of aryl methyl sites for hydroxylation is 1. The third-order valence-electron chi connectivity index (χ3n) is 1.36. The van der Waals surface area contributed by atoms with Gasteiger partial charge in [0.1, 0.15) is 0 Å². The topological polar surface area (TPSA) is 26.0 Å². The molecule has 1 heteroatoms. The van der Waals surface area contributed by atoms with Crippen LogP contribution in [0.4, 0.5) is 0 Å². The van der Waals surface area contributed by atoms with Crippen LogP contribution in [0.15, 0.2) is 24.3 Å². The second-order valence-corrected chi connectivity index (χ2v) is 2.19. The molecule has 0 saturated carbocycles. The molecule has 0 aliphatic rings. The maximum atomic E-state index is 5.40. The van der Waals surface area contributed by atoms with Gasteiger partial charge in [-0.05, 0) is 12.5 Å². The first-order valence-corrected chi connectivity index (χ1v) is 4.08. The summed E-state index contributed by atoms with van der Waals surface area (Å²) >= 11 is 0. The molecule has 0 radical (unpaired) electrons. The molecule has 0 saturated heterocycles. The molecule has 0 aliphatic heterocycles. The molecular weight excluding hydrogens is 134 g/mol. The van der Waals surface area contributed by atoms with E-state index < -0.39 is 0 Å². The van der Waals surface area contributed by atoms with E-state index in [1.165, 1.54) is 11.1 Å². The summed E-state index contributed by atoms with van der Waals surface area (Å²) in [5.41, 5.74) is 7.88. The van der Waals surface area contributed by atoms with Gasteiger partial charge in [-0.25, -0.2) is 0 Å². The van der Waals surface area contributed by atoms with Crippen molar-refractivity contribution in [3.05, 3.63) is 35.4 Å². The predicted molar refractivity (Wildman–Crippen MR) is 50.4 cm³/mol. The maximum absolute atomic E-state index is 5.40. The van der Waals surface area contributed by atoms with E-state index in [-0.39, 0.29) is 0 Å². The van der Waals surface area contributed by atoms with Crippen molar-refractivity contribution in [1.82, 2.24) is 0 Å². The van der Waals surface area contributed by atoms with E-state index in [1.54, 1.807) is 0 Å². The molecule has 0 aliphatic carbocycles. The van der Waals surface area contributed by atoms with Crippen molar-refractivity contribution in [2.75, 3.05) is 0 Å². The Bertz CT molecular complexity index is 177. The van der Waals surface area contributed by atoms with E-state index in [9.17, 15) is 0 Å². The van der Waals surface area contributed by atoms with Crippen LogP contribution in [0, 0.1) is 6.92 Å². The average Bonchev–Trinajstić information content (AvgIpc) is 2.10. The Kier molecular flexibility index (Phi) is 5.49. The molecule has 2 N–H and O–H groups in total. The van der Waals surface area contributed by atoms with Gasteiger partial charge >= 0.3 is 0 Å². The van der Waals surface area contributed by atoms with Crippen molar-refractivity contribution < 1.29 is 0 Å². The normalized spacial score (nSPS) is 8.36. The number of hydrogen-bond acceptors (Lipinski definition) is 1. The minimum absolute atomic E-state index is 0.639. The van der Waals surface area contributed by atoms with Crippen molar-refractivity contribution in [3.63, 3.8) is 0 Å².